The Morgan fingerprint density at radius 3 is 1.35 bits per heavy atom. The topological polar surface area (TPSA) is 169 Å². The average Bonchev–Trinajstić information content (AvgIpc) is 3.11. The number of amides is 2. The number of carbonyl (C=O) groups is 2. The quantitative estimate of drug-likeness (QED) is 0.104. The van der Waals surface area contributed by atoms with Gasteiger partial charge in [-0.25, -0.2) is 16.8 Å². The molecule has 0 unspecified atom stereocenters. The van der Waals surface area contributed by atoms with E-state index in [1.165, 1.54) is 38.5 Å². The van der Waals surface area contributed by atoms with Crippen molar-refractivity contribution < 1.29 is 35.9 Å². The molecule has 54 heavy (non-hydrogen) atoms. The summed E-state index contributed by atoms with van der Waals surface area (Å²) in [6, 6.07) is 25.5. The molecule has 4 aromatic rings. The first-order chi connectivity index (χ1) is 25.7. The molecule has 0 heterocycles. The molecule has 14 heteroatoms. The summed E-state index contributed by atoms with van der Waals surface area (Å²) in [4.78, 5) is 27.3. The Balaban J connectivity index is 0.987. The monoisotopic (exact) mass is 772 g/mol. The molecular formula is C40H44N4O8S2. The third-order valence-corrected chi connectivity index (χ3v) is 13.7. The van der Waals surface area contributed by atoms with Crippen LogP contribution in [0.3, 0.4) is 0 Å². The van der Waals surface area contributed by atoms with Crippen LogP contribution in [0.1, 0.15) is 51.4 Å². The van der Waals surface area contributed by atoms with Crippen LogP contribution in [0.5, 0.6) is 11.5 Å². The van der Waals surface area contributed by atoms with Gasteiger partial charge in [-0.15, -0.1) is 0 Å². The summed E-state index contributed by atoms with van der Waals surface area (Å²) in [6.07, 6.45) is 6.08. The summed E-state index contributed by atoms with van der Waals surface area (Å²) in [6.45, 7) is 0. The van der Waals surface area contributed by atoms with Crippen LogP contribution >= 0.6 is 0 Å². The van der Waals surface area contributed by atoms with Crippen LogP contribution in [-0.4, -0.2) is 42.9 Å². The Labute approximate surface area is 316 Å². The maximum atomic E-state index is 13.6. The molecule has 4 N–H and O–H groups in total. The molecule has 4 aliphatic rings. The van der Waals surface area contributed by atoms with Gasteiger partial charge in [0.25, 0.3) is 20.0 Å². The molecule has 4 aliphatic carbocycles. The lowest BCUT2D eigenvalue weighted by Crippen LogP contribution is -2.53. The molecule has 284 valence electrons. The van der Waals surface area contributed by atoms with Gasteiger partial charge in [-0.1, -0.05) is 12.1 Å². The van der Waals surface area contributed by atoms with Gasteiger partial charge in [0.05, 0.1) is 24.0 Å². The lowest BCUT2D eigenvalue weighted by molar-refractivity contribution is -0.142. The highest BCUT2D eigenvalue weighted by Crippen LogP contribution is 2.67. The first-order valence-corrected chi connectivity index (χ1v) is 20.9. The lowest BCUT2D eigenvalue weighted by Gasteiger charge is -2.62. The minimum Gasteiger partial charge on any atom is -0.497 e. The molecule has 0 spiro atoms. The summed E-state index contributed by atoms with van der Waals surface area (Å²) < 4.78 is 68.0. The van der Waals surface area contributed by atoms with Crippen LogP contribution in [0, 0.1) is 22.7 Å². The highest BCUT2D eigenvalue weighted by molar-refractivity contribution is 7.93. The van der Waals surface area contributed by atoms with Crippen LogP contribution in [0.25, 0.3) is 0 Å². The Kier molecular flexibility index (Phi) is 10.1. The maximum Gasteiger partial charge on any atom is 0.261 e. The second kappa shape index (κ2) is 14.6. The molecule has 0 atom stereocenters. The standard InChI is InChI=1S/C40H44N4O8S2/c1-51-33-13-9-29(10-14-33)43-53(47,48)35-7-3-5-31(18-35)41-37(45)24-39-20-27-17-28(21-39)23-40(22-27,26-39)25-38(46)42-32-6-4-8-36(19-32)54(49,50)44-30-11-15-34(52-2)16-12-30/h3-16,18-19,27-28,43-44H,17,20-26H2,1-2H3,(H,41,45)(H,42,46). The first-order valence-electron chi connectivity index (χ1n) is 17.9. The number of carbonyl (C=O) groups excluding carboxylic acids is 2. The largest absolute Gasteiger partial charge is 0.497 e. The number of benzene rings is 4. The van der Waals surface area contributed by atoms with Crippen molar-refractivity contribution in [1.82, 2.24) is 0 Å². The number of rotatable bonds is 14. The van der Waals surface area contributed by atoms with E-state index >= 15 is 0 Å². The number of ether oxygens (including phenoxy) is 2. The van der Waals surface area contributed by atoms with Crippen molar-refractivity contribution in [3.8, 4) is 11.5 Å². The SMILES string of the molecule is COc1ccc(NS(=O)(=O)c2cccc(NC(=O)CC34CC5CC(C3)CC(CC(=O)Nc3cccc(S(=O)(=O)Nc6ccc(OC)cc6)c3)(C5)C4)c2)cc1. The van der Waals surface area contributed by atoms with Crippen molar-refractivity contribution in [3.63, 3.8) is 0 Å². The molecule has 0 aromatic heterocycles. The molecule has 4 saturated carbocycles. The van der Waals surface area contributed by atoms with Gasteiger partial charge in [-0.3, -0.25) is 19.0 Å². The lowest BCUT2D eigenvalue weighted by atomic mass is 9.43. The maximum absolute atomic E-state index is 13.6. The van der Waals surface area contributed by atoms with E-state index in [0.29, 0.717) is 46.1 Å². The van der Waals surface area contributed by atoms with Crippen molar-refractivity contribution in [1.29, 1.82) is 0 Å². The second-order valence-corrected chi connectivity index (χ2v) is 18.5. The summed E-state index contributed by atoms with van der Waals surface area (Å²) in [7, 11) is -4.77. The van der Waals surface area contributed by atoms with E-state index in [0.717, 1.165) is 38.5 Å². The molecule has 0 aliphatic heterocycles. The summed E-state index contributed by atoms with van der Waals surface area (Å²) >= 11 is 0. The van der Waals surface area contributed by atoms with E-state index in [9.17, 15) is 26.4 Å². The van der Waals surface area contributed by atoms with Crippen LogP contribution in [0.15, 0.2) is 107 Å². The molecule has 0 saturated heterocycles. The Bertz CT molecular complexity index is 2090. The predicted molar refractivity (Wildman–Crippen MR) is 207 cm³/mol. The molecule has 4 fully saturated rings. The van der Waals surface area contributed by atoms with Crippen molar-refractivity contribution in [2.75, 3.05) is 34.3 Å². The van der Waals surface area contributed by atoms with E-state index in [1.54, 1.807) is 72.8 Å². The van der Waals surface area contributed by atoms with Crippen LogP contribution in [0.4, 0.5) is 22.7 Å². The zero-order valence-corrected chi connectivity index (χ0v) is 31.8. The van der Waals surface area contributed by atoms with Gasteiger partial charge in [0.1, 0.15) is 11.5 Å². The normalized spacial score (nSPS) is 22.9. The smallest absolute Gasteiger partial charge is 0.261 e. The van der Waals surface area contributed by atoms with Crippen LogP contribution < -0.4 is 29.6 Å². The number of anilines is 4. The van der Waals surface area contributed by atoms with E-state index < -0.39 is 20.0 Å². The van der Waals surface area contributed by atoms with Gasteiger partial charge in [0.2, 0.25) is 11.8 Å². The third kappa shape index (κ3) is 8.34. The number of nitrogens with one attached hydrogen (secondary N) is 4. The minimum atomic E-state index is -3.92. The number of methoxy groups -OCH3 is 2. The van der Waals surface area contributed by atoms with Gasteiger partial charge < -0.3 is 20.1 Å². The van der Waals surface area contributed by atoms with Gasteiger partial charge >= 0.3 is 0 Å². The van der Waals surface area contributed by atoms with E-state index in [1.807, 2.05) is 0 Å². The molecule has 12 nitrogen and oxygen atoms in total. The third-order valence-electron chi connectivity index (χ3n) is 10.9. The van der Waals surface area contributed by atoms with Crippen molar-refractivity contribution in [2.24, 2.45) is 22.7 Å². The Hall–Kier alpha value is -5.08. The highest BCUT2D eigenvalue weighted by atomic mass is 32.2. The Morgan fingerprint density at radius 2 is 0.981 bits per heavy atom. The van der Waals surface area contributed by atoms with E-state index in [4.69, 9.17) is 9.47 Å². The fourth-order valence-electron chi connectivity index (χ4n) is 9.38. The summed E-state index contributed by atoms with van der Waals surface area (Å²) in [5.41, 5.74) is 1.03. The molecule has 4 aromatic carbocycles. The van der Waals surface area contributed by atoms with Crippen molar-refractivity contribution >= 4 is 54.6 Å². The molecular weight excluding hydrogens is 729 g/mol. The number of hydrogen-bond donors (Lipinski definition) is 4. The fourth-order valence-corrected chi connectivity index (χ4v) is 11.6. The highest BCUT2D eigenvalue weighted by Gasteiger charge is 2.58. The number of hydrogen-bond acceptors (Lipinski definition) is 8. The minimum absolute atomic E-state index is 0.0209. The molecule has 4 bridgehead atoms. The fraction of sp³-hybridized carbons (Fsp3) is 0.350. The van der Waals surface area contributed by atoms with Gasteiger partial charge in [-0.05, 0) is 146 Å². The predicted octanol–water partition coefficient (Wildman–Crippen LogP) is 7.25. The number of sulfonamides is 2. The zero-order chi connectivity index (χ0) is 38.1. The van der Waals surface area contributed by atoms with E-state index in [-0.39, 0.29) is 45.3 Å². The Morgan fingerprint density at radius 1 is 0.593 bits per heavy atom. The van der Waals surface area contributed by atoms with Gasteiger partial charge in [0.15, 0.2) is 0 Å². The zero-order valence-electron chi connectivity index (χ0n) is 30.1. The van der Waals surface area contributed by atoms with Crippen LogP contribution in [0.2, 0.25) is 0 Å². The average molecular weight is 773 g/mol. The molecule has 8 rings (SSSR count). The molecule has 2 amide bonds. The van der Waals surface area contributed by atoms with Crippen molar-refractivity contribution in [2.45, 2.75) is 61.2 Å². The van der Waals surface area contributed by atoms with Gasteiger partial charge in [0, 0.05) is 35.6 Å². The second-order valence-electron chi connectivity index (χ2n) is 15.1. The van der Waals surface area contributed by atoms with Gasteiger partial charge in [-0.2, -0.15) is 0 Å². The van der Waals surface area contributed by atoms with Crippen molar-refractivity contribution in [3.05, 3.63) is 97.1 Å². The molecule has 0 radical (unpaired) electrons. The van der Waals surface area contributed by atoms with E-state index in [2.05, 4.69) is 20.1 Å². The van der Waals surface area contributed by atoms with Crippen LogP contribution in [-0.2, 0) is 29.6 Å². The summed E-state index contributed by atoms with van der Waals surface area (Å²) in [5.74, 6) is 1.67. The first kappa shape index (κ1) is 37.2. The summed E-state index contributed by atoms with van der Waals surface area (Å²) in [5, 5.41) is 5.89.